The fourth-order valence-electron chi connectivity index (χ4n) is 5.56. The Balaban J connectivity index is 1.54. The first kappa shape index (κ1) is 21.5. The maximum Gasteiger partial charge on any atom is 0.145 e. The molecule has 0 saturated carbocycles. The summed E-state index contributed by atoms with van der Waals surface area (Å²) in [6.45, 7) is 6.22. The number of benzene rings is 5. The SMILES string of the molecule is C=c1oc2c(ccc3c2c2cc(-c4ccccc4)ccc2n3-c2ccc(-c3ccccc3)cc2)/c1=C/C. The zero-order valence-electron chi connectivity index (χ0n) is 20.6. The van der Waals surface area contributed by atoms with Crippen molar-refractivity contribution in [3.8, 4) is 27.9 Å². The standard InChI is InChI=1S/C35H25NO/c1-3-29-23(2)37-35-30(29)19-21-33-34(35)31-22-27(25-12-8-5-9-13-25)16-20-32(31)36(33)28-17-14-26(15-18-28)24-10-6-4-7-11-24/h3-22H,2H2,1H3/b29-3+. The van der Waals surface area contributed by atoms with Gasteiger partial charge in [-0.3, -0.25) is 0 Å². The van der Waals surface area contributed by atoms with Gasteiger partial charge in [0.05, 0.1) is 16.4 Å². The van der Waals surface area contributed by atoms with Gasteiger partial charge >= 0.3 is 0 Å². The van der Waals surface area contributed by atoms with Gasteiger partial charge in [-0.1, -0.05) is 91.5 Å². The number of furan rings is 1. The highest BCUT2D eigenvalue weighted by Crippen LogP contribution is 2.38. The van der Waals surface area contributed by atoms with Crippen LogP contribution in [0.4, 0.5) is 0 Å². The Labute approximate surface area is 215 Å². The Morgan fingerprint density at radius 3 is 1.89 bits per heavy atom. The third-order valence-electron chi connectivity index (χ3n) is 7.33. The Bertz CT molecular complexity index is 2030. The van der Waals surface area contributed by atoms with Crippen LogP contribution < -0.4 is 10.6 Å². The zero-order valence-corrected chi connectivity index (χ0v) is 20.6. The second-order valence-corrected chi connectivity index (χ2v) is 9.41. The molecule has 2 heteroatoms. The summed E-state index contributed by atoms with van der Waals surface area (Å²) in [6, 6.07) is 41.0. The first-order valence-electron chi connectivity index (χ1n) is 12.6. The molecule has 5 aromatic carbocycles. The van der Waals surface area contributed by atoms with Crippen molar-refractivity contribution in [1.29, 1.82) is 0 Å². The van der Waals surface area contributed by atoms with Crippen molar-refractivity contribution in [3.63, 3.8) is 0 Å². The molecule has 0 bridgehead atoms. The van der Waals surface area contributed by atoms with E-state index < -0.39 is 0 Å². The van der Waals surface area contributed by atoms with E-state index in [1.54, 1.807) is 0 Å². The number of nitrogens with zero attached hydrogens (tertiary/aromatic N) is 1. The van der Waals surface area contributed by atoms with Crippen molar-refractivity contribution in [3.05, 3.63) is 126 Å². The highest BCUT2D eigenvalue weighted by Gasteiger charge is 2.18. The molecule has 0 aliphatic rings. The van der Waals surface area contributed by atoms with E-state index in [0.29, 0.717) is 5.42 Å². The number of hydrogen-bond acceptors (Lipinski definition) is 1. The predicted molar refractivity (Wildman–Crippen MR) is 156 cm³/mol. The monoisotopic (exact) mass is 475 g/mol. The van der Waals surface area contributed by atoms with Crippen LogP contribution in [0.5, 0.6) is 0 Å². The molecule has 0 unspecified atom stereocenters. The molecule has 7 aromatic rings. The van der Waals surface area contributed by atoms with Gasteiger partial charge < -0.3 is 8.98 Å². The fourth-order valence-corrected chi connectivity index (χ4v) is 5.56. The van der Waals surface area contributed by atoms with Crippen molar-refractivity contribution in [1.82, 2.24) is 4.57 Å². The van der Waals surface area contributed by atoms with Crippen molar-refractivity contribution >= 4 is 45.4 Å². The number of rotatable bonds is 3. The van der Waals surface area contributed by atoms with Gasteiger partial charge in [0.25, 0.3) is 0 Å². The average Bonchev–Trinajstić information content (AvgIpc) is 3.47. The summed E-state index contributed by atoms with van der Waals surface area (Å²) >= 11 is 0. The summed E-state index contributed by atoms with van der Waals surface area (Å²) < 4.78 is 8.67. The van der Waals surface area contributed by atoms with Crippen molar-refractivity contribution in [2.75, 3.05) is 0 Å². The number of fused-ring (bicyclic) bond motifs is 5. The lowest BCUT2D eigenvalue weighted by molar-refractivity contribution is 0.580. The number of aromatic nitrogens is 1. The molecule has 2 nitrogen and oxygen atoms in total. The van der Waals surface area contributed by atoms with Crippen LogP contribution >= 0.6 is 0 Å². The van der Waals surface area contributed by atoms with Gasteiger partial charge in [-0.15, -0.1) is 0 Å². The lowest BCUT2D eigenvalue weighted by Crippen LogP contribution is -2.16. The quantitative estimate of drug-likeness (QED) is 0.253. The Hall–Kier alpha value is -4.82. The van der Waals surface area contributed by atoms with Gasteiger partial charge in [0, 0.05) is 21.7 Å². The lowest BCUT2D eigenvalue weighted by Gasteiger charge is -2.10. The van der Waals surface area contributed by atoms with Gasteiger partial charge in [-0.05, 0) is 65.6 Å². The minimum Gasteiger partial charge on any atom is -0.456 e. The highest BCUT2D eigenvalue weighted by atomic mass is 16.3. The summed E-state index contributed by atoms with van der Waals surface area (Å²) in [6.07, 6.45) is 2.08. The predicted octanol–water partition coefficient (Wildman–Crippen LogP) is 8.07. The van der Waals surface area contributed by atoms with Crippen LogP contribution in [0.3, 0.4) is 0 Å². The van der Waals surface area contributed by atoms with Crippen LogP contribution in [-0.4, -0.2) is 4.57 Å². The summed E-state index contributed by atoms with van der Waals surface area (Å²) in [5, 5.41) is 4.45. The van der Waals surface area contributed by atoms with Gasteiger partial charge in [0.15, 0.2) is 0 Å². The van der Waals surface area contributed by atoms with E-state index in [0.717, 1.165) is 38.3 Å². The van der Waals surface area contributed by atoms with Crippen molar-refractivity contribution in [2.45, 2.75) is 6.92 Å². The van der Waals surface area contributed by atoms with Crippen LogP contribution in [0, 0.1) is 0 Å². The Kier molecular flexibility index (Phi) is 4.87. The van der Waals surface area contributed by atoms with E-state index in [1.165, 1.54) is 27.6 Å². The van der Waals surface area contributed by atoms with Crippen LogP contribution in [-0.2, 0) is 0 Å². The van der Waals surface area contributed by atoms with Crippen molar-refractivity contribution < 1.29 is 4.42 Å². The van der Waals surface area contributed by atoms with E-state index in [-0.39, 0.29) is 0 Å². The molecule has 0 aliphatic heterocycles. The molecule has 0 spiro atoms. The van der Waals surface area contributed by atoms with Gasteiger partial charge in [-0.2, -0.15) is 0 Å². The van der Waals surface area contributed by atoms with Crippen LogP contribution in [0.25, 0.3) is 73.4 Å². The summed E-state index contributed by atoms with van der Waals surface area (Å²) in [7, 11) is 0. The summed E-state index contributed by atoms with van der Waals surface area (Å²) in [5.74, 6) is 0. The molecule has 176 valence electrons. The normalized spacial score (nSPS) is 12.2. The average molecular weight is 476 g/mol. The Morgan fingerprint density at radius 1 is 0.622 bits per heavy atom. The molecule has 37 heavy (non-hydrogen) atoms. The minimum absolute atomic E-state index is 0.706. The lowest BCUT2D eigenvalue weighted by atomic mass is 10.0. The third-order valence-corrected chi connectivity index (χ3v) is 7.33. The first-order chi connectivity index (χ1) is 18.2. The molecule has 0 aliphatic carbocycles. The van der Waals surface area contributed by atoms with Crippen molar-refractivity contribution in [2.24, 2.45) is 0 Å². The van der Waals surface area contributed by atoms with Gasteiger partial charge in [0.2, 0.25) is 0 Å². The minimum atomic E-state index is 0.706. The van der Waals surface area contributed by atoms with E-state index in [2.05, 4.69) is 126 Å². The molecule has 0 N–H and O–H groups in total. The second kappa shape index (κ2) is 8.39. The maximum atomic E-state index is 6.33. The summed E-state index contributed by atoms with van der Waals surface area (Å²) in [4.78, 5) is 0. The van der Waals surface area contributed by atoms with Crippen LogP contribution in [0.2, 0.25) is 0 Å². The summed E-state index contributed by atoms with van der Waals surface area (Å²) in [5.41, 5.74) is 9.80. The fraction of sp³-hybridized carbons (Fsp3) is 0.0286. The molecule has 0 amide bonds. The molecular weight excluding hydrogens is 450 g/mol. The molecule has 2 aromatic heterocycles. The van der Waals surface area contributed by atoms with E-state index >= 15 is 0 Å². The van der Waals surface area contributed by atoms with Gasteiger partial charge in [0.1, 0.15) is 11.0 Å². The first-order valence-corrected chi connectivity index (χ1v) is 12.6. The van der Waals surface area contributed by atoms with E-state index in [1.807, 2.05) is 13.0 Å². The number of hydrogen-bond donors (Lipinski definition) is 0. The molecule has 0 radical (unpaired) electrons. The molecule has 0 atom stereocenters. The van der Waals surface area contributed by atoms with Crippen LogP contribution in [0.15, 0.2) is 120 Å². The van der Waals surface area contributed by atoms with E-state index in [4.69, 9.17) is 4.42 Å². The van der Waals surface area contributed by atoms with Crippen LogP contribution in [0.1, 0.15) is 6.92 Å². The molecule has 7 rings (SSSR count). The van der Waals surface area contributed by atoms with E-state index in [9.17, 15) is 0 Å². The second-order valence-electron chi connectivity index (χ2n) is 9.41. The molecule has 2 heterocycles. The topological polar surface area (TPSA) is 18.1 Å². The Morgan fingerprint density at radius 2 is 1.22 bits per heavy atom. The maximum absolute atomic E-state index is 6.33. The molecule has 0 fully saturated rings. The van der Waals surface area contributed by atoms with Gasteiger partial charge in [-0.25, -0.2) is 0 Å². The smallest absolute Gasteiger partial charge is 0.145 e. The largest absolute Gasteiger partial charge is 0.456 e. The zero-order chi connectivity index (χ0) is 24.9. The third kappa shape index (κ3) is 3.34. The molecular formula is C35H25NO. The molecule has 0 saturated heterocycles. The highest BCUT2D eigenvalue weighted by molar-refractivity contribution is 6.20.